The van der Waals surface area contributed by atoms with Gasteiger partial charge in [-0.3, -0.25) is 0 Å². The fourth-order valence-corrected chi connectivity index (χ4v) is 1.82. The lowest BCUT2D eigenvalue weighted by Gasteiger charge is -2.10. The number of carbonyl (C=O) groups excluding carboxylic acids is 1. The summed E-state index contributed by atoms with van der Waals surface area (Å²) in [5.74, 6) is -0.591. The van der Waals surface area contributed by atoms with Crippen LogP contribution < -0.4 is 5.73 Å². The zero-order valence-electron chi connectivity index (χ0n) is 11.2. The Morgan fingerprint density at radius 3 is 2.55 bits per heavy atom. The van der Waals surface area contributed by atoms with E-state index in [2.05, 4.69) is 0 Å². The quantitative estimate of drug-likeness (QED) is 0.453. The predicted molar refractivity (Wildman–Crippen MR) is 78.5 cm³/mol. The SMILES string of the molecule is COCCOCCCOC(=O)c1c(Cl)ccc(Cl)c1N. The highest BCUT2D eigenvalue weighted by Gasteiger charge is 2.17. The van der Waals surface area contributed by atoms with Gasteiger partial charge in [-0.05, 0) is 12.1 Å². The standard InChI is InChI=1S/C13H17Cl2NO4/c1-18-7-8-19-5-2-6-20-13(17)11-9(14)3-4-10(15)12(11)16/h3-4H,2,5-8,16H2,1H3. The third kappa shape index (κ3) is 5.17. The minimum absolute atomic E-state index is 0.0967. The van der Waals surface area contributed by atoms with Gasteiger partial charge in [0.15, 0.2) is 0 Å². The fourth-order valence-electron chi connectivity index (χ4n) is 1.42. The summed E-state index contributed by atoms with van der Waals surface area (Å²) in [5, 5.41) is 0.484. The van der Waals surface area contributed by atoms with E-state index < -0.39 is 5.97 Å². The maximum atomic E-state index is 11.9. The number of rotatable bonds is 8. The molecule has 1 aromatic carbocycles. The molecule has 0 spiro atoms. The molecule has 0 amide bonds. The van der Waals surface area contributed by atoms with Crippen molar-refractivity contribution in [3.63, 3.8) is 0 Å². The zero-order valence-corrected chi connectivity index (χ0v) is 12.7. The van der Waals surface area contributed by atoms with Crippen molar-refractivity contribution in [3.8, 4) is 0 Å². The fraction of sp³-hybridized carbons (Fsp3) is 0.462. The van der Waals surface area contributed by atoms with Crippen LogP contribution in [0.4, 0.5) is 5.69 Å². The highest BCUT2D eigenvalue weighted by atomic mass is 35.5. The van der Waals surface area contributed by atoms with E-state index in [0.717, 1.165) is 0 Å². The van der Waals surface area contributed by atoms with Crippen molar-refractivity contribution in [1.29, 1.82) is 0 Å². The Bertz CT molecular complexity index is 454. The molecule has 20 heavy (non-hydrogen) atoms. The molecule has 0 aliphatic carbocycles. The average Bonchev–Trinajstić information content (AvgIpc) is 2.42. The smallest absolute Gasteiger partial charge is 0.341 e. The number of nitrogens with two attached hydrogens (primary N) is 1. The van der Waals surface area contributed by atoms with Crippen LogP contribution in [0.3, 0.4) is 0 Å². The first-order chi connectivity index (χ1) is 9.57. The molecule has 0 bridgehead atoms. The van der Waals surface area contributed by atoms with E-state index in [1.165, 1.54) is 12.1 Å². The lowest BCUT2D eigenvalue weighted by atomic mass is 10.2. The Balaban J connectivity index is 2.38. The van der Waals surface area contributed by atoms with Gasteiger partial charge in [0.2, 0.25) is 0 Å². The predicted octanol–water partition coefficient (Wildman–Crippen LogP) is 2.79. The van der Waals surface area contributed by atoms with Crippen LogP contribution in [0.5, 0.6) is 0 Å². The molecule has 0 aromatic heterocycles. The van der Waals surface area contributed by atoms with Crippen LogP contribution in [0.15, 0.2) is 12.1 Å². The van der Waals surface area contributed by atoms with E-state index in [0.29, 0.717) is 26.2 Å². The zero-order chi connectivity index (χ0) is 15.0. The van der Waals surface area contributed by atoms with Crippen LogP contribution in [-0.4, -0.2) is 39.5 Å². The van der Waals surface area contributed by atoms with E-state index in [4.69, 9.17) is 43.1 Å². The topological polar surface area (TPSA) is 70.8 Å². The molecule has 2 N–H and O–H groups in total. The first-order valence-corrected chi connectivity index (χ1v) is 6.80. The molecule has 112 valence electrons. The number of methoxy groups -OCH3 is 1. The monoisotopic (exact) mass is 321 g/mol. The summed E-state index contributed by atoms with van der Waals surface area (Å²) in [5.41, 5.74) is 5.94. The molecule has 1 aromatic rings. The second-order valence-corrected chi connectivity index (χ2v) is 4.73. The van der Waals surface area contributed by atoms with E-state index in [-0.39, 0.29) is 27.9 Å². The summed E-state index contributed by atoms with van der Waals surface area (Å²) in [6.07, 6.45) is 0.577. The van der Waals surface area contributed by atoms with E-state index in [1.54, 1.807) is 7.11 Å². The summed E-state index contributed by atoms with van der Waals surface area (Å²) >= 11 is 11.8. The van der Waals surface area contributed by atoms with Crippen molar-refractivity contribution in [2.45, 2.75) is 6.42 Å². The summed E-state index contributed by atoms with van der Waals surface area (Å²) in [7, 11) is 1.60. The van der Waals surface area contributed by atoms with Crippen molar-refractivity contribution in [1.82, 2.24) is 0 Å². The molecule has 0 atom stereocenters. The maximum absolute atomic E-state index is 11.9. The van der Waals surface area contributed by atoms with Crippen LogP contribution in [0.25, 0.3) is 0 Å². The molecule has 7 heteroatoms. The van der Waals surface area contributed by atoms with Crippen molar-refractivity contribution < 1.29 is 19.0 Å². The number of nitrogen functional groups attached to an aromatic ring is 1. The maximum Gasteiger partial charge on any atom is 0.341 e. The molecule has 5 nitrogen and oxygen atoms in total. The highest BCUT2D eigenvalue weighted by molar-refractivity contribution is 6.38. The number of esters is 1. The molecule has 0 fully saturated rings. The third-order valence-corrected chi connectivity index (χ3v) is 3.09. The summed E-state index contributed by atoms with van der Waals surface area (Å²) < 4.78 is 15.1. The van der Waals surface area contributed by atoms with Crippen LogP contribution in [0.2, 0.25) is 10.0 Å². The number of benzene rings is 1. The van der Waals surface area contributed by atoms with Gasteiger partial charge in [0.05, 0.1) is 35.6 Å². The molecule has 1 rings (SSSR count). The lowest BCUT2D eigenvalue weighted by Crippen LogP contribution is -2.12. The Labute approximate surface area is 127 Å². The van der Waals surface area contributed by atoms with Crippen LogP contribution in [-0.2, 0) is 14.2 Å². The number of anilines is 1. The highest BCUT2D eigenvalue weighted by Crippen LogP contribution is 2.29. The van der Waals surface area contributed by atoms with Gasteiger partial charge >= 0.3 is 5.97 Å². The number of hydrogen-bond acceptors (Lipinski definition) is 5. The van der Waals surface area contributed by atoms with Crippen molar-refractivity contribution >= 4 is 34.9 Å². The van der Waals surface area contributed by atoms with Crippen LogP contribution >= 0.6 is 23.2 Å². The Hall–Kier alpha value is -1.01. The van der Waals surface area contributed by atoms with Crippen molar-refractivity contribution in [2.24, 2.45) is 0 Å². The Kier molecular flexibility index (Phi) is 7.69. The first kappa shape index (κ1) is 17.0. The third-order valence-electron chi connectivity index (χ3n) is 2.44. The normalized spacial score (nSPS) is 10.6. The van der Waals surface area contributed by atoms with Crippen molar-refractivity contribution in [2.75, 3.05) is 39.3 Å². The second-order valence-electron chi connectivity index (χ2n) is 3.91. The van der Waals surface area contributed by atoms with E-state index in [1.807, 2.05) is 0 Å². The molecule has 0 saturated heterocycles. The van der Waals surface area contributed by atoms with Gasteiger partial charge < -0.3 is 19.9 Å². The molecule has 0 aliphatic rings. The van der Waals surface area contributed by atoms with E-state index >= 15 is 0 Å². The summed E-state index contributed by atoms with van der Waals surface area (Å²) in [6.45, 7) is 1.75. The van der Waals surface area contributed by atoms with Crippen LogP contribution in [0.1, 0.15) is 16.8 Å². The molecule has 0 saturated carbocycles. The largest absolute Gasteiger partial charge is 0.462 e. The molecule has 0 unspecified atom stereocenters. The van der Waals surface area contributed by atoms with Gasteiger partial charge in [-0.15, -0.1) is 0 Å². The molecule has 0 aliphatic heterocycles. The average molecular weight is 322 g/mol. The number of halogens is 2. The first-order valence-electron chi connectivity index (χ1n) is 6.05. The van der Waals surface area contributed by atoms with Gasteiger partial charge in [0, 0.05) is 20.1 Å². The lowest BCUT2D eigenvalue weighted by molar-refractivity contribution is 0.0386. The number of hydrogen-bond donors (Lipinski definition) is 1. The number of carbonyl (C=O) groups is 1. The van der Waals surface area contributed by atoms with Gasteiger partial charge in [-0.25, -0.2) is 4.79 Å². The van der Waals surface area contributed by atoms with Gasteiger partial charge in [-0.2, -0.15) is 0 Å². The van der Waals surface area contributed by atoms with Crippen LogP contribution in [0, 0.1) is 0 Å². The minimum Gasteiger partial charge on any atom is -0.462 e. The number of ether oxygens (including phenoxy) is 3. The summed E-state index contributed by atoms with van der Waals surface area (Å²) in [4.78, 5) is 11.9. The van der Waals surface area contributed by atoms with E-state index in [9.17, 15) is 4.79 Å². The Morgan fingerprint density at radius 1 is 1.15 bits per heavy atom. The molecule has 0 heterocycles. The van der Waals surface area contributed by atoms with Gasteiger partial charge in [0.25, 0.3) is 0 Å². The molecule has 0 radical (unpaired) electrons. The Morgan fingerprint density at radius 2 is 1.85 bits per heavy atom. The minimum atomic E-state index is -0.591. The van der Waals surface area contributed by atoms with Gasteiger partial charge in [0.1, 0.15) is 5.56 Å². The second kappa shape index (κ2) is 9.02. The van der Waals surface area contributed by atoms with Gasteiger partial charge in [-0.1, -0.05) is 23.2 Å². The van der Waals surface area contributed by atoms with Crippen molar-refractivity contribution in [3.05, 3.63) is 27.7 Å². The molecular weight excluding hydrogens is 305 g/mol. The molecular formula is C13H17Cl2NO4. The summed E-state index contributed by atoms with van der Waals surface area (Å²) in [6, 6.07) is 3.03.